The average Bonchev–Trinajstić information content (AvgIpc) is 3.73. The molecule has 46 heavy (non-hydrogen) atoms. The van der Waals surface area contributed by atoms with Crippen LogP contribution in [0.2, 0.25) is 0 Å². The Hall–Kier alpha value is -4.10. The third-order valence-corrected chi connectivity index (χ3v) is 10.4. The first-order valence-corrected chi connectivity index (χ1v) is 17.1. The molecule has 0 saturated heterocycles. The molecule has 0 aromatic heterocycles. The zero-order valence-corrected chi connectivity index (χ0v) is 27.4. The normalized spacial score (nSPS) is 21.7. The van der Waals surface area contributed by atoms with Crippen LogP contribution < -0.4 is 27.4 Å². The quantitative estimate of drug-likeness (QED) is 0.175. The van der Waals surface area contributed by atoms with Crippen molar-refractivity contribution in [2.75, 3.05) is 13.2 Å². The summed E-state index contributed by atoms with van der Waals surface area (Å²) in [4.78, 5) is 32.3. The zero-order chi connectivity index (χ0) is 32.5. The van der Waals surface area contributed by atoms with Crippen molar-refractivity contribution in [1.29, 1.82) is 5.41 Å². The number of nitrogens with zero attached hydrogens (tertiary/aromatic N) is 2. The summed E-state index contributed by atoms with van der Waals surface area (Å²) in [5.41, 5.74) is 11.0. The number of nitrogens with two attached hydrogens (primary N) is 1. The fourth-order valence-corrected chi connectivity index (χ4v) is 7.75. The Labute approximate surface area is 269 Å². The summed E-state index contributed by atoms with van der Waals surface area (Å²) in [6, 6.07) is 15.8. The predicted octanol–water partition coefficient (Wildman–Crippen LogP) is 5.24. The molecule has 2 aromatic rings. The van der Waals surface area contributed by atoms with E-state index < -0.39 is 0 Å². The molecule has 4 N–H and O–H groups in total. The smallest absolute Gasteiger partial charge is 0.261 e. The fourth-order valence-electron chi connectivity index (χ4n) is 7.75. The average molecular weight is 619 g/mol. The van der Waals surface area contributed by atoms with Crippen molar-refractivity contribution >= 4 is 22.2 Å². The van der Waals surface area contributed by atoms with E-state index in [9.17, 15) is 14.7 Å². The highest BCUT2D eigenvalue weighted by molar-refractivity contribution is 5.99. The van der Waals surface area contributed by atoms with Crippen molar-refractivity contribution in [3.05, 3.63) is 101 Å². The molecule has 7 nitrogen and oxygen atoms in total. The lowest BCUT2D eigenvalue weighted by Gasteiger charge is -2.18. The van der Waals surface area contributed by atoms with Crippen molar-refractivity contribution < 1.29 is 5.11 Å². The number of nitrogens with one attached hydrogen (secondary N) is 1. The summed E-state index contributed by atoms with van der Waals surface area (Å²) >= 11 is 0. The van der Waals surface area contributed by atoms with Gasteiger partial charge in [0.2, 0.25) is 0 Å². The molecule has 1 saturated carbocycles. The highest BCUT2D eigenvalue weighted by atomic mass is 16.3. The molecule has 0 spiro atoms. The molecule has 2 aromatic carbocycles. The monoisotopic (exact) mass is 618 g/mol. The van der Waals surface area contributed by atoms with Gasteiger partial charge < -0.3 is 16.2 Å². The summed E-state index contributed by atoms with van der Waals surface area (Å²) in [5, 5.41) is 23.2. The SMILES string of the molecule is CCCCN=c1c(=c2ccc(=C(N)/C3=C(\C(C)=N)CCC4C(CC3)[C@@H]4CO)cc2)cc2c(=O)n(CCCC)c(=O)c3cccc1c3-2. The van der Waals surface area contributed by atoms with Crippen molar-refractivity contribution in [2.45, 2.75) is 78.7 Å². The van der Waals surface area contributed by atoms with Gasteiger partial charge in [0.1, 0.15) is 0 Å². The second-order valence-corrected chi connectivity index (χ2v) is 13.2. The number of aromatic nitrogens is 1. The van der Waals surface area contributed by atoms with Gasteiger partial charge in [0.15, 0.2) is 0 Å². The first-order chi connectivity index (χ1) is 22.3. The van der Waals surface area contributed by atoms with Crippen LogP contribution in [0.3, 0.4) is 0 Å². The van der Waals surface area contributed by atoms with Gasteiger partial charge in [-0.05, 0) is 96.9 Å². The van der Waals surface area contributed by atoms with Crippen molar-refractivity contribution in [1.82, 2.24) is 4.57 Å². The Bertz CT molecular complexity index is 2110. The third-order valence-electron chi connectivity index (χ3n) is 10.4. The maximum atomic E-state index is 13.8. The Kier molecular flexibility index (Phi) is 9.23. The van der Waals surface area contributed by atoms with E-state index in [0.717, 1.165) is 88.9 Å². The minimum atomic E-state index is -0.246. The number of benzene rings is 3. The number of hydrogen-bond acceptors (Lipinski definition) is 6. The summed E-state index contributed by atoms with van der Waals surface area (Å²) in [6.07, 6.45) is 7.22. The topological polar surface area (TPSA) is 122 Å². The maximum absolute atomic E-state index is 13.8. The zero-order valence-electron chi connectivity index (χ0n) is 27.4. The third kappa shape index (κ3) is 5.70. The first kappa shape index (κ1) is 31.9. The van der Waals surface area contributed by atoms with E-state index in [2.05, 4.69) is 13.8 Å². The molecule has 6 rings (SSSR count). The number of aliphatic hydroxyl groups excluding tert-OH is 1. The van der Waals surface area contributed by atoms with E-state index in [1.807, 2.05) is 55.5 Å². The van der Waals surface area contributed by atoms with E-state index in [-0.39, 0.29) is 17.7 Å². The van der Waals surface area contributed by atoms with E-state index in [4.69, 9.17) is 16.1 Å². The second-order valence-electron chi connectivity index (χ2n) is 13.2. The van der Waals surface area contributed by atoms with Crippen molar-refractivity contribution in [3.8, 4) is 11.1 Å². The van der Waals surface area contributed by atoms with Gasteiger partial charge in [0.05, 0.1) is 5.36 Å². The Balaban J connectivity index is 1.58. The lowest BCUT2D eigenvalue weighted by atomic mass is 9.89. The minimum Gasteiger partial charge on any atom is -0.398 e. The number of fused-ring (bicyclic) bond motifs is 1. The number of aliphatic hydroxyl groups is 1. The van der Waals surface area contributed by atoms with Crippen LogP contribution in [0, 0.1) is 33.6 Å². The van der Waals surface area contributed by atoms with Gasteiger partial charge in [-0.2, -0.15) is 0 Å². The largest absolute Gasteiger partial charge is 0.398 e. The van der Waals surface area contributed by atoms with Crippen LogP contribution in [0.1, 0.15) is 72.1 Å². The van der Waals surface area contributed by atoms with Crippen LogP contribution >= 0.6 is 0 Å². The van der Waals surface area contributed by atoms with Gasteiger partial charge in [0, 0.05) is 58.2 Å². The summed E-state index contributed by atoms with van der Waals surface area (Å²) in [6.45, 7) is 7.35. The first-order valence-electron chi connectivity index (χ1n) is 17.1. The summed E-state index contributed by atoms with van der Waals surface area (Å²) < 4.78 is 1.40. The predicted molar refractivity (Wildman–Crippen MR) is 186 cm³/mol. The molecule has 3 atom stereocenters. The van der Waals surface area contributed by atoms with Crippen LogP contribution in [-0.2, 0) is 6.54 Å². The molecule has 0 radical (unpaired) electrons. The molecule has 0 bridgehead atoms. The lowest BCUT2D eigenvalue weighted by Crippen LogP contribution is -2.35. The fraction of sp³-hybridized carbons (Fsp3) is 0.436. The molecule has 2 unspecified atom stereocenters. The van der Waals surface area contributed by atoms with Crippen LogP contribution in [0.25, 0.3) is 27.6 Å². The van der Waals surface area contributed by atoms with Gasteiger partial charge in [0.25, 0.3) is 11.1 Å². The van der Waals surface area contributed by atoms with Crippen LogP contribution in [0.4, 0.5) is 0 Å². The van der Waals surface area contributed by atoms with Crippen LogP contribution in [0.15, 0.2) is 74.3 Å². The molecule has 0 amide bonds. The van der Waals surface area contributed by atoms with Crippen molar-refractivity contribution in [3.63, 3.8) is 0 Å². The molecule has 240 valence electrons. The summed E-state index contributed by atoms with van der Waals surface area (Å²) in [5.74, 6) is 1.49. The van der Waals surface area contributed by atoms with E-state index in [1.54, 1.807) is 0 Å². The molecule has 3 aliphatic carbocycles. The molecule has 7 heteroatoms. The van der Waals surface area contributed by atoms with Gasteiger partial charge in [-0.25, -0.2) is 0 Å². The van der Waals surface area contributed by atoms with Gasteiger partial charge in [-0.3, -0.25) is 19.1 Å². The lowest BCUT2D eigenvalue weighted by molar-refractivity contribution is 0.262. The van der Waals surface area contributed by atoms with Crippen LogP contribution in [0.5, 0.6) is 0 Å². The van der Waals surface area contributed by atoms with Crippen LogP contribution in [-0.4, -0.2) is 28.5 Å². The number of pyridine rings is 1. The Morgan fingerprint density at radius 2 is 1.63 bits per heavy atom. The number of hydrogen-bond donors (Lipinski definition) is 3. The highest BCUT2D eigenvalue weighted by Gasteiger charge is 2.49. The molecule has 4 aliphatic rings. The van der Waals surface area contributed by atoms with E-state index in [1.165, 1.54) is 4.57 Å². The van der Waals surface area contributed by atoms with Gasteiger partial charge in [-0.1, -0.05) is 63.1 Å². The van der Waals surface area contributed by atoms with Crippen molar-refractivity contribution in [2.24, 2.45) is 28.5 Å². The maximum Gasteiger partial charge on any atom is 0.261 e. The molecule has 1 aliphatic heterocycles. The number of rotatable bonds is 9. The Morgan fingerprint density at radius 3 is 2.28 bits per heavy atom. The highest BCUT2D eigenvalue weighted by Crippen LogP contribution is 2.54. The molecular formula is C39H46N4O3. The molecule has 1 fully saturated rings. The number of allylic oxidation sites excluding steroid dienone is 1. The standard InChI is InChI=1S/C39H46N4O3/c1-4-6-19-42-37-30-9-8-10-31-35(30)33(39(46)43(38(31)45)20-7-5-2)21-32(37)24-11-13-25(14-12-24)36(41)29-18-17-28-27(34(28)22-44)16-15-26(29)23(3)40/h8-14,21,27-28,34,40,44H,4-7,15-20,22,41H2,1-3H3/b29-26-,32-24?,36-25?,40-23?,42-37?/t27?,28?,34-/m1/s1. The van der Waals surface area contributed by atoms with Gasteiger partial charge in [-0.15, -0.1) is 0 Å². The Morgan fingerprint density at radius 1 is 0.957 bits per heavy atom. The second kappa shape index (κ2) is 13.3. The van der Waals surface area contributed by atoms with Gasteiger partial charge >= 0.3 is 0 Å². The molecule has 1 heterocycles. The van der Waals surface area contributed by atoms with E-state index >= 15 is 0 Å². The summed E-state index contributed by atoms with van der Waals surface area (Å²) in [7, 11) is 0. The molecular weight excluding hydrogens is 572 g/mol. The number of unbranched alkanes of at least 4 members (excludes halogenated alkanes) is 2. The van der Waals surface area contributed by atoms with E-state index in [0.29, 0.717) is 58.8 Å². The minimum absolute atomic E-state index is 0.230.